The second-order valence-corrected chi connectivity index (χ2v) is 5.45. The molecule has 1 atom stereocenters. The summed E-state index contributed by atoms with van der Waals surface area (Å²) in [5.74, 6) is -0.602. The number of carbonyl (C=O) groups excluding carboxylic acids is 1. The van der Waals surface area contributed by atoms with Crippen molar-refractivity contribution in [1.29, 1.82) is 0 Å². The molecule has 1 aliphatic rings. The van der Waals surface area contributed by atoms with Crippen molar-refractivity contribution in [2.45, 2.75) is 13.0 Å². The van der Waals surface area contributed by atoms with E-state index in [0.717, 1.165) is 5.56 Å². The van der Waals surface area contributed by atoms with Gasteiger partial charge >= 0.3 is 0 Å². The molecule has 118 valence electrons. The van der Waals surface area contributed by atoms with Gasteiger partial charge in [0.2, 0.25) is 5.88 Å². The van der Waals surface area contributed by atoms with E-state index in [0.29, 0.717) is 16.8 Å². The predicted molar refractivity (Wildman–Crippen MR) is 85.9 cm³/mol. The van der Waals surface area contributed by atoms with Crippen molar-refractivity contribution in [3.63, 3.8) is 0 Å². The summed E-state index contributed by atoms with van der Waals surface area (Å²) in [5.41, 5.74) is 2.80. The molecule has 0 bridgehead atoms. The van der Waals surface area contributed by atoms with E-state index in [1.165, 1.54) is 17.3 Å². The Morgan fingerprint density at radius 3 is 2.65 bits per heavy atom. The maximum atomic E-state index is 12.3. The zero-order valence-corrected chi connectivity index (χ0v) is 12.8. The summed E-state index contributed by atoms with van der Waals surface area (Å²) < 4.78 is 0. The highest BCUT2D eigenvalue weighted by molar-refractivity contribution is 5.95. The summed E-state index contributed by atoms with van der Waals surface area (Å²) in [7, 11) is 1.68. The van der Waals surface area contributed by atoms with Gasteiger partial charge in [-0.05, 0) is 30.7 Å². The Morgan fingerprint density at radius 1 is 1.26 bits per heavy atom. The molecule has 1 aromatic carbocycles. The molecule has 0 aliphatic carbocycles. The Morgan fingerprint density at radius 2 is 1.96 bits per heavy atom. The topological polar surface area (TPSA) is 85.7 Å². The molecule has 0 radical (unpaired) electrons. The number of aliphatic hydroxyl groups excluding tert-OH is 2. The largest absolute Gasteiger partial charge is 0.493 e. The molecule has 3 N–H and O–H groups in total. The molecular formula is C17H17N3O3. The van der Waals surface area contributed by atoms with E-state index in [9.17, 15) is 15.0 Å². The third-order valence-electron chi connectivity index (χ3n) is 3.86. The van der Waals surface area contributed by atoms with E-state index < -0.39 is 12.0 Å². The van der Waals surface area contributed by atoms with Crippen LogP contribution < -0.4 is 10.2 Å². The summed E-state index contributed by atoms with van der Waals surface area (Å²) in [6.45, 7) is 1.93. The lowest BCUT2D eigenvalue weighted by Gasteiger charge is -2.32. The molecule has 1 aliphatic heterocycles. The van der Waals surface area contributed by atoms with Gasteiger partial charge in [-0.25, -0.2) is 0 Å². The zero-order chi connectivity index (χ0) is 16.6. The number of hydrogen-bond acceptors (Lipinski definition) is 5. The molecule has 23 heavy (non-hydrogen) atoms. The van der Waals surface area contributed by atoms with Crippen LogP contribution in [0.5, 0.6) is 0 Å². The first-order valence-corrected chi connectivity index (χ1v) is 7.16. The van der Waals surface area contributed by atoms with Gasteiger partial charge in [-0.2, -0.15) is 0 Å². The van der Waals surface area contributed by atoms with E-state index in [1.807, 2.05) is 19.1 Å². The van der Waals surface area contributed by atoms with Gasteiger partial charge in [0.1, 0.15) is 11.8 Å². The summed E-state index contributed by atoms with van der Waals surface area (Å²) >= 11 is 0. The van der Waals surface area contributed by atoms with Crippen molar-refractivity contribution < 1.29 is 15.0 Å². The Kier molecular flexibility index (Phi) is 3.75. The number of aliphatic hydroxyl groups is 2. The number of anilines is 1. The van der Waals surface area contributed by atoms with Crippen LogP contribution in [0, 0.1) is 6.92 Å². The molecule has 1 unspecified atom stereocenters. The minimum absolute atomic E-state index is 0.0608. The van der Waals surface area contributed by atoms with Crippen LogP contribution in [-0.4, -0.2) is 28.2 Å². The number of benzene rings is 1. The molecule has 6 heteroatoms. The van der Waals surface area contributed by atoms with Crippen LogP contribution in [0.2, 0.25) is 0 Å². The van der Waals surface area contributed by atoms with Crippen molar-refractivity contribution in [1.82, 2.24) is 10.3 Å². The third kappa shape index (κ3) is 2.64. The van der Waals surface area contributed by atoms with Crippen molar-refractivity contribution in [2.75, 3.05) is 11.9 Å². The zero-order valence-electron chi connectivity index (χ0n) is 12.8. The van der Waals surface area contributed by atoms with Crippen molar-refractivity contribution >= 4 is 11.6 Å². The lowest BCUT2D eigenvalue weighted by Crippen LogP contribution is -2.35. The predicted octanol–water partition coefficient (Wildman–Crippen LogP) is 2.03. The maximum absolute atomic E-state index is 12.3. The highest BCUT2D eigenvalue weighted by atomic mass is 16.3. The molecule has 3 rings (SSSR count). The molecule has 0 saturated heterocycles. The average Bonchev–Trinajstić information content (AvgIpc) is 2.57. The number of pyridine rings is 1. The standard InChI is InChI=1S/C17H17N3O3/c1-10-3-4-12-13(9-10)20(2)17(23)14(15(12)21)19-16(22)11-5-7-18-8-6-11/h3-9,15,21,23H,1-2H3,(H,19,22). The van der Waals surface area contributed by atoms with Crippen LogP contribution in [0.25, 0.3) is 0 Å². The van der Waals surface area contributed by atoms with E-state index in [1.54, 1.807) is 25.2 Å². The molecular weight excluding hydrogens is 294 g/mol. The van der Waals surface area contributed by atoms with Gasteiger partial charge in [-0.15, -0.1) is 0 Å². The van der Waals surface area contributed by atoms with Crippen molar-refractivity contribution in [3.8, 4) is 0 Å². The van der Waals surface area contributed by atoms with Crippen molar-refractivity contribution in [3.05, 3.63) is 71.0 Å². The van der Waals surface area contributed by atoms with Gasteiger partial charge in [0.25, 0.3) is 5.91 Å². The lowest BCUT2D eigenvalue weighted by atomic mass is 9.98. The van der Waals surface area contributed by atoms with Gasteiger partial charge in [0.05, 0.1) is 0 Å². The molecule has 2 heterocycles. The van der Waals surface area contributed by atoms with Crippen LogP contribution in [0.3, 0.4) is 0 Å². The fourth-order valence-corrected chi connectivity index (χ4v) is 2.57. The first kappa shape index (κ1) is 15.1. The fraction of sp³-hybridized carbons (Fsp3) is 0.176. The van der Waals surface area contributed by atoms with Gasteiger partial charge in [0, 0.05) is 36.3 Å². The number of aromatic nitrogens is 1. The van der Waals surface area contributed by atoms with E-state index in [-0.39, 0.29) is 11.6 Å². The van der Waals surface area contributed by atoms with Gasteiger partial charge < -0.3 is 20.4 Å². The molecule has 0 spiro atoms. The summed E-state index contributed by atoms with van der Waals surface area (Å²) in [4.78, 5) is 17.7. The SMILES string of the molecule is Cc1ccc2c(c1)N(C)C(O)=C(NC(=O)c1ccncc1)C2O. The number of fused-ring (bicyclic) bond motifs is 1. The van der Waals surface area contributed by atoms with Gasteiger partial charge in [-0.1, -0.05) is 12.1 Å². The smallest absolute Gasteiger partial charge is 0.255 e. The normalized spacial score (nSPS) is 17.0. The third-order valence-corrected chi connectivity index (χ3v) is 3.86. The first-order chi connectivity index (χ1) is 11.0. The van der Waals surface area contributed by atoms with Gasteiger partial charge in [-0.3, -0.25) is 9.78 Å². The maximum Gasteiger partial charge on any atom is 0.255 e. The first-order valence-electron chi connectivity index (χ1n) is 7.16. The van der Waals surface area contributed by atoms with E-state index >= 15 is 0 Å². The molecule has 1 aromatic heterocycles. The second-order valence-electron chi connectivity index (χ2n) is 5.45. The molecule has 1 amide bonds. The summed E-state index contributed by atoms with van der Waals surface area (Å²) in [6, 6.07) is 8.65. The number of rotatable bonds is 2. The van der Waals surface area contributed by atoms with E-state index in [4.69, 9.17) is 0 Å². The Hall–Kier alpha value is -2.86. The fourth-order valence-electron chi connectivity index (χ4n) is 2.57. The molecule has 0 saturated carbocycles. The van der Waals surface area contributed by atoms with E-state index in [2.05, 4.69) is 10.3 Å². The van der Waals surface area contributed by atoms with Crippen LogP contribution >= 0.6 is 0 Å². The number of hydrogen-bond donors (Lipinski definition) is 3. The number of nitrogens with zero attached hydrogens (tertiary/aromatic N) is 2. The Labute approximate surface area is 133 Å². The quantitative estimate of drug-likeness (QED) is 0.790. The highest BCUT2D eigenvalue weighted by Crippen LogP contribution is 2.37. The summed E-state index contributed by atoms with van der Waals surface area (Å²) in [6.07, 6.45) is 1.91. The number of nitrogens with one attached hydrogen (secondary N) is 1. The Bertz CT molecular complexity index is 787. The molecule has 6 nitrogen and oxygen atoms in total. The summed E-state index contributed by atoms with van der Waals surface area (Å²) in [5, 5.41) is 23.5. The monoisotopic (exact) mass is 311 g/mol. The average molecular weight is 311 g/mol. The molecule has 2 aromatic rings. The van der Waals surface area contributed by atoms with Crippen molar-refractivity contribution in [2.24, 2.45) is 0 Å². The minimum atomic E-state index is -1.10. The lowest BCUT2D eigenvalue weighted by molar-refractivity contribution is 0.0940. The number of carbonyl (C=O) groups is 1. The second kappa shape index (κ2) is 5.73. The number of amides is 1. The highest BCUT2D eigenvalue weighted by Gasteiger charge is 2.31. The molecule has 0 fully saturated rings. The minimum Gasteiger partial charge on any atom is -0.493 e. The van der Waals surface area contributed by atoms with Gasteiger partial charge in [0.15, 0.2) is 0 Å². The van der Waals surface area contributed by atoms with Crippen LogP contribution in [0.4, 0.5) is 5.69 Å². The van der Waals surface area contributed by atoms with Crippen LogP contribution in [-0.2, 0) is 0 Å². The Balaban J connectivity index is 1.95. The number of aryl methyl sites for hydroxylation is 1. The van der Waals surface area contributed by atoms with Crippen LogP contribution in [0.1, 0.15) is 27.6 Å². The van der Waals surface area contributed by atoms with Crippen LogP contribution in [0.15, 0.2) is 54.3 Å².